The third kappa shape index (κ3) is 4.52. The summed E-state index contributed by atoms with van der Waals surface area (Å²) in [5, 5.41) is 3.69. The molecule has 2 heterocycles. The van der Waals surface area contributed by atoms with E-state index in [4.69, 9.17) is 9.15 Å². The summed E-state index contributed by atoms with van der Waals surface area (Å²) >= 11 is 1.52. The van der Waals surface area contributed by atoms with Gasteiger partial charge in [0.15, 0.2) is 17.4 Å². The zero-order chi connectivity index (χ0) is 18.5. The molecular formula is C20H22N2O3S. The maximum absolute atomic E-state index is 12.0. The van der Waals surface area contributed by atoms with Crippen LogP contribution in [0.4, 0.5) is 0 Å². The molecule has 0 aliphatic carbocycles. The van der Waals surface area contributed by atoms with Gasteiger partial charge in [-0.1, -0.05) is 26.0 Å². The van der Waals surface area contributed by atoms with Crippen LogP contribution in [0, 0.1) is 6.92 Å². The molecule has 0 fully saturated rings. The largest absolute Gasteiger partial charge is 0.484 e. The number of aromatic nitrogens is 1. The predicted molar refractivity (Wildman–Crippen MR) is 102 cm³/mol. The van der Waals surface area contributed by atoms with E-state index in [1.54, 1.807) is 6.26 Å². The average molecular weight is 370 g/mol. The van der Waals surface area contributed by atoms with Gasteiger partial charge in [-0.3, -0.25) is 4.79 Å². The molecule has 0 saturated carbocycles. The van der Waals surface area contributed by atoms with Gasteiger partial charge in [0.05, 0.1) is 18.5 Å². The van der Waals surface area contributed by atoms with Crippen molar-refractivity contribution in [3.8, 4) is 16.5 Å². The highest BCUT2D eigenvalue weighted by atomic mass is 32.1. The Balaban J connectivity index is 1.50. The number of amides is 1. The minimum absolute atomic E-state index is 0.0100. The Labute approximate surface area is 157 Å². The number of aryl methyl sites for hydroxylation is 1. The van der Waals surface area contributed by atoms with E-state index in [0.29, 0.717) is 18.2 Å². The molecular weight excluding hydrogens is 348 g/mol. The lowest BCUT2D eigenvalue weighted by molar-refractivity contribution is -0.123. The third-order valence-corrected chi connectivity index (χ3v) is 5.16. The smallest absolute Gasteiger partial charge is 0.258 e. The van der Waals surface area contributed by atoms with Crippen molar-refractivity contribution in [1.82, 2.24) is 10.3 Å². The van der Waals surface area contributed by atoms with Crippen LogP contribution in [0.25, 0.3) is 10.8 Å². The highest BCUT2D eigenvalue weighted by Crippen LogP contribution is 2.28. The summed E-state index contributed by atoms with van der Waals surface area (Å²) < 4.78 is 10.9. The number of furan rings is 1. The van der Waals surface area contributed by atoms with Crippen LogP contribution in [0.1, 0.15) is 35.9 Å². The number of carbonyl (C=O) groups is 1. The molecule has 0 bridgehead atoms. The zero-order valence-electron chi connectivity index (χ0n) is 15.1. The standard InChI is InChI=1S/C20H22N2O3S/c1-13(2)15-6-8-16(9-7-15)25-12-19(23)21-11-18-14(3)22-20(26-18)17-5-4-10-24-17/h4-10,13H,11-12H2,1-3H3,(H,21,23). The van der Waals surface area contributed by atoms with Crippen LogP contribution < -0.4 is 10.1 Å². The molecule has 136 valence electrons. The van der Waals surface area contributed by atoms with Gasteiger partial charge < -0.3 is 14.5 Å². The maximum atomic E-state index is 12.0. The van der Waals surface area contributed by atoms with Crippen molar-refractivity contribution >= 4 is 17.2 Å². The van der Waals surface area contributed by atoms with Crippen molar-refractivity contribution in [3.63, 3.8) is 0 Å². The van der Waals surface area contributed by atoms with E-state index >= 15 is 0 Å². The van der Waals surface area contributed by atoms with E-state index in [2.05, 4.69) is 24.1 Å². The molecule has 1 amide bonds. The van der Waals surface area contributed by atoms with Crippen molar-refractivity contribution in [2.24, 2.45) is 0 Å². The second kappa shape index (κ2) is 8.19. The van der Waals surface area contributed by atoms with Gasteiger partial charge in [0.2, 0.25) is 0 Å². The molecule has 0 radical (unpaired) electrons. The van der Waals surface area contributed by atoms with Crippen LogP contribution in [-0.4, -0.2) is 17.5 Å². The first kappa shape index (κ1) is 18.2. The number of nitrogens with zero attached hydrogens (tertiary/aromatic N) is 1. The average Bonchev–Trinajstić information content (AvgIpc) is 3.28. The fraction of sp³-hybridized carbons (Fsp3) is 0.300. The van der Waals surface area contributed by atoms with Crippen LogP contribution in [-0.2, 0) is 11.3 Å². The summed E-state index contributed by atoms with van der Waals surface area (Å²) in [5.74, 6) is 1.74. The van der Waals surface area contributed by atoms with Crippen molar-refractivity contribution in [1.29, 1.82) is 0 Å². The first-order valence-corrected chi connectivity index (χ1v) is 9.34. The number of carbonyl (C=O) groups excluding carboxylic acids is 1. The molecule has 0 spiro atoms. The molecule has 6 heteroatoms. The van der Waals surface area contributed by atoms with Crippen LogP contribution in [0.15, 0.2) is 47.1 Å². The molecule has 0 atom stereocenters. The molecule has 0 aliphatic rings. The summed E-state index contributed by atoms with van der Waals surface area (Å²) in [6.45, 7) is 6.63. The van der Waals surface area contributed by atoms with E-state index in [9.17, 15) is 4.79 Å². The molecule has 1 N–H and O–H groups in total. The maximum Gasteiger partial charge on any atom is 0.258 e. The number of thiazole rings is 1. The molecule has 2 aromatic heterocycles. The van der Waals surface area contributed by atoms with Gasteiger partial charge in [0.25, 0.3) is 5.91 Å². The van der Waals surface area contributed by atoms with Gasteiger partial charge >= 0.3 is 0 Å². The lowest BCUT2D eigenvalue weighted by Gasteiger charge is -2.09. The van der Waals surface area contributed by atoms with Gasteiger partial charge in [-0.05, 0) is 42.7 Å². The minimum Gasteiger partial charge on any atom is -0.484 e. The number of hydrogen-bond acceptors (Lipinski definition) is 5. The van der Waals surface area contributed by atoms with Gasteiger partial charge in [-0.15, -0.1) is 11.3 Å². The number of rotatable bonds is 7. The van der Waals surface area contributed by atoms with Crippen molar-refractivity contribution in [2.75, 3.05) is 6.61 Å². The van der Waals surface area contributed by atoms with E-state index < -0.39 is 0 Å². The fourth-order valence-electron chi connectivity index (χ4n) is 2.43. The Morgan fingerprint density at radius 3 is 2.69 bits per heavy atom. The molecule has 26 heavy (non-hydrogen) atoms. The number of nitrogens with one attached hydrogen (secondary N) is 1. The third-order valence-electron chi connectivity index (χ3n) is 3.99. The molecule has 0 unspecified atom stereocenters. The molecule has 3 rings (SSSR count). The quantitative estimate of drug-likeness (QED) is 0.664. The molecule has 3 aromatic rings. The topological polar surface area (TPSA) is 64.4 Å². The summed E-state index contributed by atoms with van der Waals surface area (Å²) in [5.41, 5.74) is 2.14. The molecule has 5 nitrogen and oxygen atoms in total. The predicted octanol–water partition coefficient (Wildman–Crippen LogP) is 4.53. The van der Waals surface area contributed by atoms with Gasteiger partial charge in [-0.2, -0.15) is 0 Å². The summed E-state index contributed by atoms with van der Waals surface area (Å²) in [7, 11) is 0. The van der Waals surface area contributed by atoms with Crippen molar-refractivity contribution in [2.45, 2.75) is 33.2 Å². The highest BCUT2D eigenvalue weighted by Gasteiger charge is 2.12. The Kier molecular flexibility index (Phi) is 5.73. The number of ether oxygens (including phenoxy) is 1. The highest BCUT2D eigenvalue weighted by molar-refractivity contribution is 7.15. The Bertz CT molecular complexity index is 852. The summed E-state index contributed by atoms with van der Waals surface area (Å²) in [6, 6.07) is 11.5. The van der Waals surface area contributed by atoms with Crippen molar-refractivity contribution < 1.29 is 13.9 Å². The van der Waals surface area contributed by atoms with Crippen LogP contribution in [0.3, 0.4) is 0 Å². The lowest BCUT2D eigenvalue weighted by Crippen LogP contribution is -2.28. The normalized spacial score (nSPS) is 10.9. The van der Waals surface area contributed by atoms with E-state index in [-0.39, 0.29) is 12.5 Å². The Morgan fingerprint density at radius 1 is 1.27 bits per heavy atom. The van der Waals surface area contributed by atoms with Crippen LogP contribution in [0.2, 0.25) is 0 Å². The molecule has 0 saturated heterocycles. The van der Waals surface area contributed by atoms with Crippen LogP contribution >= 0.6 is 11.3 Å². The monoisotopic (exact) mass is 370 g/mol. The molecule has 1 aromatic carbocycles. The van der Waals surface area contributed by atoms with E-state index in [1.807, 2.05) is 43.3 Å². The fourth-order valence-corrected chi connectivity index (χ4v) is 3.40. The van der Waals surface area contributed by atoms with E-state index in [0.717, 1.165) is 21.3 Å². The summed E-state index contributed by atoms with van der Waals surface area (Å²) in [4.78, 5) is 17.5. The lowest BCUT2D eigenvalue weighted by atomic mass is 10.0. The Hall–Kier alpha value is -2.60. The number of hydrogen-bond donors (Lipinski definition) is 1. The first-order valence-electron chi connectivity index (χ1n) is 8.52. The zero-order valence-corrected chi connectivity index (χ0v) is 15.9. The van der Waals surface area contributed by atoms with Gasteiger partial charge in [-0.25, -0.2) is 4.98 Å². The molecule has 0 aliphatic heterocycles. The van der Waals surface area contributed by atoms with Gasteiger partial charge in [0.1, 0.15) is 5.75 Å². The number of benzene rings is 1. The van der Waals surface area contributed by atoms with Gasteiger partial charge in [0, 0.05) is 4.88 Å². The van der Waals surface area contributed by atoms with Crippen molar-refractivity contribution in [3.05, 3.63) is 58.8 Å². The SMILES string of the molecule is Cc1nc(-c2ccco2)sc1CNC(=O)COc1ccc(C(C)C)cc1. The summed E-state index contributed by atoms with van der Waals surface area (Å²) in [6.07, 6.45) is 1.62. The van der Waals surface area contributed by atoms with Crippen LogP contribution in [0.5, 0.6) is 5.75 Å². The first-order chi connectivity index (χ1) is 12.5. The Morgan fingerprint density at radius 2 is 2.04 bits per heavy atom. The van der Waals surface area contributed by atoms with E-state index in [1.165, 1.54) is 16.9 Å². The second-order valence-electron chi connectivity index (χ2n) is 6.29. The minimum atomic E-state index is -0.162. The second-order valence-corrected chi connectivity index (χ2v) is 7.38.